The van der Waals surface area contributed by atoms with E-state index in [-0.39, 0.29) is 0 Å². The predicted octanol–water partition coefficient (Wildman–Crippen LogP) is 2.43. The number of guanidine groups is 1. The number of hydrogen-bond donors (Lipinski definition) is 2. The van der Waals surface area contributed by atoms with E-state index in [2.05, 4.69) is 46.8 Å². The summed E-state index contributed by atoms with van der Waals surface area (Å²) in [4.78, 5) is 8.71. The van der Waals surface area contributed by atoms with Gasteiger partial charge in [-0.3, -0.25) is 4.99 Å². The molecule has 2 N–H and O–H groups in total. The standard InChI is InChI=1S/C15H28N4OS/c1-5-14-19-13(11-21-14)10-18-15(16-4)17-7-9-20-8-6-12(2)3/h11-12H,5-10H2,1-4H3,(H2,16,17,18). The molecule has 0 aliphatic carbocycles. The molecule has 0 amide bonds. The second-order valence-corrected chi connectivity index (χ2v) is 6.18. The van der Waals surface area contributed by atoms with Crippen LogP contribution in [0.3, 0.4) is 0 Å². The third-order valence-corrected chi connectivity index (χ3v) is 3.98. The molecule has 0 aliphatic heterocycles. The van der Waals surface area contributed by atoms with Crippen LogP contribution < -0.4 is 10.6 Å². The SMILES string of the molecule is CCc1nc(CNC(=NC)NCCOCCC(C)C)cs1. The molecule has 1 heterocycles. The molecule has 0 fully saturated rings. The third-order valence-electron chi connectivity index (χ3n) is 2.94. The molecule has 0 bridgehead atoms. The van der Waals surface area contributed by atoms with Crippen LogP contribution in [-0.4, -0.2) is 37.7 Å². The number of nitrogens with zero attached hydrogens (tertiary/aromatic N) is 2. The molecule has 21 heavy (non-hydrogen) atoms. The Kier molecular flexibility index (Phi) is 9.01. The number of rotatable bonds is 9. The third kappa shape index (κ3) is 8.02. The summed E-state index contributed by atoms with van der Waals surface area (Å²) in [5.41, 5.74) is 1.06. The van der Waals surface area contributed by atoms with Gasteiger partial charge in [-0.1, -0.05) is 20.8 Å². The number of thiazole rings is 1. The van der Waals surface area contributed by atoms with E-state index < -0.39 is 0 Å². The molecular weight excluding hydrogens is 284 g/mol. The number of aliphatic imine (C=N–C) groups is 1. The molecule has 0 radical (unpaired) electrons. The molecule has 0 unspecified atom stereocenters. The number of aromatic nitrogens is 1. The fourth-order valence-electron chi connectivity index (χ4n) is 1.65. The Hall–Kier alpha value is -1.14. The first kappa shape index (κ1) is 17.9. The van der Waals surface area contributed by atoms with Gasteiger partial charge in [-0.25, -0.2) is 4.98 Å². The number of nitrogens with one attached hydrogen (secondary N) is 2. The van der Waals surface area contributed by atoms with Crippen molar-refractivity contribution in [2.75, 3.05) is 26.8 Å². The van der Waals surface area contributed by atoms with Gasteiger partial charge in [0, 0.05) is 25.6 Å². The van der Waals surface area contributed by atoms with Crippen LogP contribution in [0.2, 0.25) is 0 Å². The van der Waals surface area contributed by atoms with Gasteiger partial charge in [0.2, 0.25) is 0 Å². The molecule has 1 rings (SSSR count). The Balaban J connectivity index is 2.14. The van der Waals surface area contributed by atoms with Crippen molar-refractivity contribution in [3.8, 4) is 0 Å². The molecule has 0 saturated carbocycles. The summed E-state index contributed by atoms with van der Waals surface area (Å²) in [6, 6.07) is 0. The zero-order valence-electron chi connectivity index (χ0n) is 13.6. The smallest absolute Gasteiger partial charge is 0.191 e. The van der Waals surface area contributed by atoms with Crippen molar-refractivity contribution in [3.63, 3.8) is 0 Å². The summed E-state index contributed by atoms with van der Waals surface area (Å²) in [6.45, 7) is 9.51. The van der Waals surface area contributed by atoms with Gasteiger partial charge in [-0.2, -0.15) is 0 Å². The maximum absolute atomic E-state index is 5.56. The predicted molar refractivity (Wildman–Crippen MR) is 90.0 cm³/mol. The van der Waals surface area contributed by atoms with Crippen molar-refractivity contribution >= 4 is 17.3 Å². The van der Waals surface area contributed by atoms with E-state index in [4.69, 9.17) is 4.74 Å². The Bertz CT molecular complexity index is 418. The molecule has 0 aliphatic rings. The van der Waals surface area contributed by atoms with Gasteiger partial charge >= 0.3 is 0 Å². The summed E-state index contributed by atoms with van der Waals surface area (Å²) in [5, 5.41) is 9.76. The normalized spacial score (nSPS) is 12.0. The molecular formula is C15H28N4OS. The van der Waals surface area contributed by atoms with Crippen molar-refractivity contribution in [2.45, 2.75) is 40.2 Å². The van der Waals surface area contributed by atoms with Crippen LogP contribution >= 0.6 is 11.3 Å². The molecule has 5 nitrogen and oxygen atoms in total. The van der Waals surface area contributed by atoms with Crippen LogP contribution in [0.15, 0.2) is 10.4 Å². The number of ether oxygens (including phenoxy) is 1. The van der Waals surface area contributed by atoms with Crippen molar-refractivity contribution in [2.24, 2.45) is 10.9 Å². The zero-order valence-corrected chi connectivity index (χ0v) is 14.4. The van der Waals surface area contributed by atoms with Gasteiger partial charge in [-0.05, 0) is 18.8 Å². The second kappa shape index (κ2) is 10.6. The van der Waals surface area contributed by atoms with Crippen LogP contribution in [0, 0.1) is 5.92 Å². The van der Waals surface area contributed by atoms with E-state index in [9.17, 15) is 0 Å². The largest absolute Gasteiger partial charge is 0.380 e. The molecule has 1 aromatic rings. The second-order valence-electron chi connectivity index (χ2n) is 5.23. The summed E-state index contributed by atoms with van der Waals surface area (Å²) < 4.78 is 5.56. The molecule has 0 atom stereocenters. The molecule has 6 heteroatoms. The van der Waals surface area contributed by atoms with Gasteiger partial charge in [0.1, 0.15) is 0 Å². The van der Waals surface area contributed by atoms with Crippen LogP contribution in [0.5, 0.6) is 0 Å². The van der Waals surface area contributed by atoms with Crippen LogP contribution in [0.4, 0.5) is 0 Å². The molecule has 0 aromatic carbocycles. The van der Waals surface area contributed by atoms with E-state index in [1.54, 1.807) is 18.4 Å². The molecule has 0 saturated heterocycles. The van der Waals surface area contributed by atoms with Crippen molar-refractivity contribution < 1.29 is 4.74 Å². The summed E-state index contributed by atoms with van der Waals surface area (Å²) >= 11 is 1.71. The van der Waals surface area contributed by atoms with Gasteiger partial charge in [-0.15, -0.1) is 11.3 Å². The highest BCUT2D eigenvalue weighted by Gasteiger charge is 2.02. The van der Waals surface area contributed by atoms with E-state index in [1.807, 2.05) is 0 Å². The van der Waals surface area contributed by atoms with Crippen LogP contribution in [0.1, 0.15) is 37.9 Å². The van der Waals surface area contributed by atoms with Gasteiger partial charge in [0.25, 0.3) is 0 Å². The highest BCUT2D eigenvalue weighted by molar-refractivity contribution is 7.09. The van der Waals surface area contributed by atoms with E-state index in [0.29, 0.717) is 19.1 Å². The zero-order chi connectivity index (χ0) is 15.5. The fraction of sp³-hybridized carbons (Fsp3) is 0.733. The minimum atomic E-state index is 0.693. The quantitative estimate of drug-likeness (QED) is 0.418. The first-order valence-electron chi connectivity index (χ1n) is 7.61. The first-order valence-corrected chi connectivity index (χ1v) is 8.49. The Morgan fingerprint density at radius 2 is 2.19 bits per heavy atom. The molecule has 0 spiro atoms. The average Bonchev–Trinajstić information content (AvgIpc) is 2.93. The minimum absolute atomic E-state index is 0.693. The highest BCUT2D eigenvalue weighted by atomic mass is 32.1. The van der Waals surface area contributed by atoms with Crippen LogP contribution in [-0.2, 0) is 17.7 Å². The Labute approximate surface area is 132 Å². The summed E-state index contributed by atoms with van der Waals surface area (Å²) in [5.74, 6) is 1.48. The van der Waals surface area contributed by atoms with Crippen molar-refractivity contribution in [1.29, 1.82) is 0 Å². The van der Waals surface area contributed by atoms with E-state index in [0.717, 1.165) is 37.6 Å². The van der Waals surface area contributed by atoms with Gasteiger partial charge in [0.15, 0.2) is 5.96 Å². The summed E-state index contributed by atoms with van der Waals surface area (Å²) in [6.07, 6.45) is 2.10. The lowest BCUT2D eigenvalue weighted by molar-refractivity contribution is 0.128. The van der Waals surface area contributed by atoms with Crippen molar-refractivity contribution in [1.82, 2.24) is 15.6 Å². The maximum atomic E-state index is 5.56. The minimum Gasteiger partial charge on any atom is -0.380 e. The lowest BCUT2D eigenvalue weighted by Crippen LogP contribution is -2.38. The Morgan fingerprint density at radius 3 is 2.81 bits per heavy atom. The van der Waals surface area contributed by atoms with Gasteiger partial charge in [0.05, 0.1) is 23.9 Å². The summed E-state index contributed by atoms with van der Waals surface area (Å²) in [7, 11) is 1.77. The monoisotopic (exact) mass is 312 g/mol. The van der Waals surface area contributed by atoms with Crippen LogP contribution in [0.25, 0.3) is 0 Å². The number of hydrogen-bond acceptors (Lipinski definition) is 4. The topological polar surface area (TPSA) is 58.5 Å². The lowest BCUT2D eigenvalue weighted by atomic mass is 10.1. The number of aryl methyl sites for hydroxylation is 1. The van der Waals surface area contributed by atoms with E-state index in [1.165, 1.54) is 5.01 Å². The Morgan fingerprint density at radius 1 is 1.38 bits per heavy atom. The maximum Gasteiger partial charge on any atom is 0.191 e. The van der Waals surface area contributed by atoms with E-state index >= 15 is 0 Å². The van der Waals surface area contributed by atoms with Crippen molar-refractivity contribution in [3.05, 3.63) is 16.1 Å². The highest BCUT2D eigenvalue weighted by Crippen LogP contribution is 2.09. The van der Waals surface area contributed by atoms with Gasteiger partial charge < -0.3 is 15.4 Å². The first-order chi connectivity index (χ1) is 10.2. The fourth-order valence-corrected chi connectivity index (χ4v) is 2.39. The lowest BCUT2D eigenvalue weighted by Gasteiger charge is -2.11. The molecule has 1 aromatic heterocycles. The average molecular weight is 312 g/mol. The molecule has 120 valence electrons.